The van der Waals surface area contributed by atoms with E-state index in [-0.39, 0.29) is 25.7 Å². The van der Waals surface area contributed by atoms with E-state index in [9.17, 15) is 43.2 Å². The highest BCUT2D eigenvalue weighted by molar-refractivity contribution is 7.47. The molecule has 0 radical (unpaired) electrons. The third-order valence-corrected chi connectivity index (χ3v) is 20.6. The lowest BCUT2D eigenvalue weighted by atomic mass is 9.99. The van der Waals surface area contributed by atoms with Gasteiger partial charge in [-0.2, -0.15) is 0 Å². The van der Waals surface area contributed by atoms with Crippen LogP contribution in [0.25, 0.3) is 0 Å². The second kappa shape index (κ2) is 66.6. The Hall–Kier alpha value is -1.94. The lowest BCUT2D eigenvalue weighted by Gasteiger charge is -2.21. The molecule has 17 nitrogen and oxygen atoms in total. The minimum absolute atomic E-state index is 0.105. The van der Waals surface area contributed by atoms with Crippen LogP contribution in [-0.2, 0) is 65.4 Å². The van der Waals surface area contributed by atoms with E-state index in [0.29, 0.717) is 25.7 Å². The number of hydrogen-bond donors (Lipinski definition) is 3. The van der Waals surface area contributed by atoms with Crippen LogP contribution in [0.1, 0.15) is 389 Å². The quantitative estimate of drug-likeness (QED) is 0.0222. The minimum Gasteiger partial charge on any atom is -0.462 e. The molecule has 0 aliphatic heterocycles. The maximum Gasteiger partial charge on any atom is 0.472 e. The summed E-state index contributed by atoms with van der Waals surface area (Å²) in [6.45, 7) is 12.0. The molecule has 0 bridgehead atoms. The summed E-state index contributed by atoms with van der Waals surface area (Å²) >= 11 is 0. The van der Waals surface area contributed by atoms with Crippen LogP contribution < -0.4 is 0 Å². The van der Waals surface area contributed by atoms with Gasteiger partial charge in [0.1, 0.15) is 19.3 Å². The monoisotopic (exact) mass is 1400 g/mol. The summed E-state index contributed by atoms with van der Waals surface area (Å²) in [5, 5.41) is 10.6. The van der Waals surface area contributed by atoms with E-state index in [1.807, 2.05) is 0 Å². The number of rotatable bonds is 74. The Labute approximate surface area is 581 Å². The summed E-state index contributed by atoms with van der Waals surface area (Å²) in [4.78, 5) is 72.7. The van der Waals surface area contributed by atoms with Crippen LogP contribution in [0, 0.1) is 17.8 Å². The molecule has 0 amide bonds. The fraction of sp³-hybridized carbons (Fsp3) is 0.947. The average Bonchev–Trinajstić information content (AvgIpc) is 2.16. The summed E-state index contributed by atoms with van der Waals surface area (Å²) in [6.07, 6.45) is 52.7. The number of aliphatic hydroxyl groups is 1. The van der Waals surface area contributed by atoms with E-state index < -0.39 is 97.5 Å². The van der Waals surface area contributed by atoms with Crippen LogP contribution in [0.15, 0.2) is 0 Å². The van der Waals surface area contributed by atoms with Crippen molar-refractivity contribution in [1.29, 1.82) is 0 Å². The predicted molar refractivity (Wildman–Crippen MR) is 386 cm³/mol. The highest BCUT2D eigenvalue weighted by atomic mass is 31.2. The number of phosphoric ester groups is 2. The number of aliphatic hydroxyl groups excluding tert-OH is 1. The average molecular weight is 1400 g/mol. The molecule has 0 saturated carbocycles. The first-order valence-corrected chi connectivity index (χ1v) is 42.5. The molecule has 0 rings (SSSR count). The summed E-state index contributed by atoms with van der Waals surface area (Å²) in [5.41, 5.74) is 0. The van der Waals surface area contributed by atoms with Gasteiger partial charge in [0.05, 0.1) is 26.4 Å². The Kier molecular flexibility index (Phi) is 65.2. The molecule has 0 aromatic rings. The first-order valence-electron chi connectivity index (χ1n) is 39.5. The molecule has 3 N–H and O–H groups in total. The SMILES string of the molecule is CCCCCCCCCC(=O)OC[C@H](COP(=O)(O)OC[C@H](O)COP(=O)(O)OC[C@@H](COC(=O)CCCCCCCCCCCCCCCCC(C)CC)OC(=O)CCCCCCCCCCCCCCCCC(C)CC)OC(=O)CCCCCCCCCCC(C)CC. The van der Waals surface area contributed by atoms with Gasteiger partial charge in [-0.25, -0.2) is 9.13 Å². The molecule has 0 heterocycles. The standard InChI is InChI=1S/C76H148O17P2/c1-8-12-13-14-33-43-50-57-73(78)86-63-71(93-76(81)60-53-46-39-32-31-36-42-49-56-69(7)11-4)65-90-94(82,83)88-61-70(77)62-89-95(84,85)91-66-72(92-75(80)59-52-45-38-30-26-22-18-16-20-24-28-35-41-48-55-68(6)10-3)64-87-74(79)58-51-44-37-29-25-21-17-15-19-23-27-34-40-47-54-67(5)9-2/h67-72,77H,8-66H2,1-7H3,(H,82,83)(H,84,85)/t67?,68?,69?,70-,71+,72+/m0/s1. The first-order chi connectivity index (χ1) is 45.8. The molecule has 0 aromatic carbocycles. The number of unbranched alkanes of at least 4 members (excludes halogenated alkanes) is 39. The molecular weight excluding hydrogens is 1250 g/mol. The molecular formula is C76H148O17P2. The van der Waals surface area contributed by atoms with Gasteiger partial charge >= 0.3 is 39.5 Å². The first kappa shape index (κ1) is 93.1. The molecule has 564 valence electrons. The van der Waals surface area contributed by atoms with Gasteiger partial charge in [0, 0.05) is 25.7 Å². The van der Waals surface area contributed by atoms with Crippen LogP contribution in [0.4, 0.5) is 0 Å². The van der Waals surface area contributed by atoms with Crippen LogP contribution in [0.2, 0.25) is 0 Å². The molecule has 0 aliphatic carbocycles. The number of hydrogen-bond acceptors (Lipinski definition) is 15. The topological polar surface area (TPSA) is 237 Å². The summed E-state index contributed by atoms with van der Waals surface area (Å²) in [5.74, 6) is 0.342. The zero-order valence-electron chi connectivity index (χ0n) is 62.1. The fourth-order valence-corrected chi connectivity index (χ4v) is 13.1. The van der Waals surface area contributed by atoms with Crippen molar-refractivity contribution in [1.82, 2.24) is 0 Å². The number of ether oxygens (including phenoxy) is 4. The van der Waals surface area contributed by atoms with E-state index in [1.165, 1.54) is 186 Å². The molecule has 5 unspecified atom stereocenters. The van der Waals surface area contributed by atoms with Gasteiger partial charge < -0.3 is 33.8 Å². The van der Waals surface area contributed by atoms with E-state index in [4.69, 9.17) is 37.0 Å². The van der Waals surface area contributed by atoms with Crippen molar-refractivity contribution in [2.75, 3.05) is 39.6 Å². The molecule has 19 heteroatoms. The lowest BCUT2D eigenvalue weighted by Crippen LogP contribution is -2.30. The van der Waals surface area contributed by atoms with Gasteiger partial charge in [-0.05, 0) is 43.4 Å². The highest BCUT2D eigenvalue weighted by Gasteiger charge is 2.30. The Morgan fingerprint density at radius 3 is 0.747 bits per heavy atom. The van der Waals surface area contributed by atoms with Crippen molar-refractivity contribution in [3.05, 3.63) is 0 Å². The van der Waals surface area contributed by atoms with E-state index in [2.05, 4.69) is 48.5 Å². The fourth-order valence-electron chi connectivity index (χ4n) is 11.5. The molecule has 95 heavy (non-hydrogen) atoms. The van der Waals surface area contributed by atoms with Gasteiger partial charge in [-0.1, -0.05) is 337 Å². The van der Waals surface area contributed by atoms with Gasteiger partial charge in [0.15, 0.2) is 12.2 Å². The van der Waals surface area contributed by atoms with Crippen LogP contribution >= 0.6 is 15.6 Å². The van der Waals surface area contributed by atoms with Crippen molar-refractivity contribution in [3.8, 4) is 0 Å². The predicted octanol–water partition coefficient (Wildman–Crippen LogP) is 22.2. The van der Waals surface area contributed by atoms with E-state index >= 15 is 0 Å². The molecule has 8 atom stereocenters. The summed E-state index contributed by atoms with van der Waals surface area (Å²) in [6, 6.07) is 0. The van der Waals surface area contributed by atoms with Crippen molar-refractivity contribution in [2.45, 2.75) is 407 Å². The highest BCUT2D eigenvalue weighted by Crippen LogP contribution is 2.45. The number of carbonyl (C=O) groups is 4. The second-order valence-electron chi connectivity index (χ2n) is 28.1. The molecule has 0 aromatic heterocycles. The van der Waals surface area contributed by atoms with Crippen molar-refractivity contribution in [2.24, 2.45) is 17.8 Å². The van der Waals surface area contributed by atoms with E-state index in [1.54, 1.807) is 0 Å². The maximum atomic E-state index is 13.1. The Morgan fingerprint density at radius 2 is 0.505 bits per heavy atom. The molecule has 0 saturated heterocycles. The van der Waals surface area contributed by atoms with Crippen LogP contribution in [0.3, 0.4) is 0 Å². The largest absolute Gasteiger partial charge is 0.472 e. The maximum absolute atomic E-state index is 13.1. The number of esters is 4. The van der Waals surface area contributed by atoms with Gasteiger partial charge in [0.25, 0.3) is 0 Å². The smallest absolute Gasteiger partial charge is 0.462 e. The van der Waals surface area contributed by atoms with Crippen molar-refractivity contribution < 1.29 is 80.2 Å². The third kappa shape index (κ3) is 66.4. The minimum atomic E-state index is -4.96. The zero-order chi connectivity index (χ0) is 70.1. The van der Waals surface area contributed by atoms with Gasteiger partial charge in [0.2, 0.25) is 0 Å². The van der Waals surface area contributed by atoms with Crippen LogP contribution in [-0.4, -0.2) is 96.7 Å². The van der Waals surface area contributed by atoms with Crippen molar-refractivity contribution in [3.63, 3.8) is 0 Å². The number of carbonyl (C=O) groups excluding carboxylic acids is 4. The second-order valence-corrected chi connectivity index (χ2v) is 31.0. The Morgan fingerprint density at radius 1 is 0.295 bits per heavy atom. The van der Waals surface area contributed by atoms with Crippen molar-refractivity contribution >= 4 is 39.5 Å². The molecule has 0 spiro atoms. The normalized spacial score (nSPS) is 14.9. The molecule has 0 aliphatic rings. The summed E-state index contributed by atoms with van der Waals surface area (Å²) < 4.78 is 68.4. The molecule has 0 fully saturated rings. The lowest BCUT2D eigenvalue weighted by molar-refractivity contribution is -0.161. The third-order valence-electron chi connectivity index (χ3n) is 18.7. The van der Waals surface area contributed by atoms with Crippen LogP contribution in [0.5, 0.6) is 0 Å². The zero-order valence-corrected chi connectivity index (χ0v) is 63.9. The van der Waals surface area contributed by atoms with Gasteiger partial charge in [-0.3, -0.25) is 37.3 Å². The van der Waals surface area contributed by atoms with Gasteiger partial charge in [-0.15, -0.1) is 0 Å². The van der Waals surface area contributed by atoms with E-state index in [0.717, 1.165) is 120 Å². The Bertz CT molecular complexity index is 1860. The number of phosphoric acid groups is 2. The summed E-state index contributed by atoms with van der Waals surface area (Å²) in [7, 11) is -9.91. The Balaban J connectivity index is 5.20.